The largest absolute Gasteiger partial charge is 0.497 e. The minimum atomic E-state index is 0.199. The summed E-state index contributed by atoms with van der Waals surface area (Å²) in [6.07, 6.45) is 4.33. The van der Waals surface area contributed by atoms with E-state index in [1.54, 1.807) is 7.11 Å². The highest BCUT2D eigenvalue weighted by Crippen LogP contribution is 2.44. The lowest BCUT2D eigenvalue weighted by atomic mass is 9.79. The fraction of sp³-hybridized carbons (Fsp3) is 0.458. The van der Waals surface area contributed by atoms with Crippen molar-refractivity contribution in [2.24, 2.45) is 4.99 Å². The highest BCUT2D eigenvalue weighted by molar-refractivity contribution is 5.86. The van der Waals surface area contributed by atoms with Crippen LogP contribution >= 0.6 is 0 Å². The molecule has 1 heterocycles. The first-order valence-electron chi connectivity index (χ1n) is 9.96. The molecule has 0 aliphatic carbocycles. The van der Waals surface area contributed by atoms with Crippen molar-refractivity contribution >= 4 is 17.6 Å². The van der Waals surface area contributed by atoms with Crippen LogP contribution in [0.25, 0.3) is 0 Å². The van der Waals surface area contributed by atoms with Crippen LogP contribution < -0.4 is 9.64 Å². The summed E-state index contributed by atoms with van der Waals surface area (Å²) < 4.78 is 5.29. The van der Waals surface area contributed by atoms with E-state index in [2.05, 4.69) is 56.6 Å². The Balaban J connectivity index is 1.98. The van der Waals surface area contributed by atoms with Crippen molar-refractivity contribution in [3.63, 3.8) is 0 Å². The van der Waals surface area contributed by atoms with Gasteiger partial charge in [-0.25, -0.2) is 0 Å². The Kier molecular flexibility index (Phi) is 5.59. The van der Waals surface area contributed by atoms with Gasteiger partial charge in [-0.05, 0) is 80.5 Å². The summed E-state index contributed by atoms with van der Waals surface area (Å²) in [5.74, 6) is 1.38. The van der Waals surface area contributed by atoms with Crippen molar-refractivity contribution in [1.82, 2.24) is 0 Å². The van der Waals surface area contributed by atoms with Gasteiger partial charge in [0.1, 0.15) is 5.75 Å². The third-order valence-corrected chi connectivity index (χ3v) is 5.63. The van der Waals surface area contributed by atoms with Gasteiger partial charge < -0.3 is 9.64 Å². The fourth-order valence-electron chi connectivity index (χ4n) is 4.27. The first-order chi connectivity index (χ1) is 12.9. The highest BCUT2D eigenvalue weighted by atomic mass is 16.5. The van der Waals surface area contributed by atoms with E-state index in [9.17, 15) is 0 Å². The number of aliphatic imine (C=N–C) groups is 1. The second kappa shape index (κ2) is 7.75. The molecule has 2 aromatic rings. The first kappa shape index (κ1) is 19.5. The van der Waals surface area contributed by atoms with Crippen LogP contribution in [0.15, 0.2) is 41.4 Å². The Bertz CT molecular complexity index is 838. The summed E-state index contributed by atoms with van der Waals surface area (Å²) in [5, 5.41) is 0. The molecule has 27 heavy (non-hydrogen) atoms. The summed E-state index contributed by atoms with van der Waals surface area (Å²) in [4.78, 5) is 7.28. The molecule has 0 amide bonds. The topological polar surface area (TPSA) is 24.8 Å². The van der Waals surface area contributed by atoms with Crippen LogP contribution in [0.4, 0.5) is 11.4 Å². The van der Waals surface area contributed by atoms with Gasteiger partial charge in [-0.2, -0.15) is 0 Å². The maximum Gasteiger partial charge on any atom is 0.121 e. The molecule has 0 saturated heterocycles. The molecule has 3 nitrogen and oxygen atoms in total. The van der Waals surface area contributed by atoms with Crippen LogP contribution in [-0.2, 0) is 0 Å². The zero-order valence-electron chi connectivity index (χ0n) is 17.5. The molecule has 1 unspecified atom stereocenters. The molecule has 1 aliphatic rings. The number of rotatable bonds is 5. The summed E-state index contributed by atoms with van der Waals surface area (Å²) in [6, 6.07) is 12.6. The first-order valence-corrected chi connectivity index (χ1v) is 9.96. The fourth-order valence-corrected chi connectivity index (χ4v) is 4.27. The number of fused-ring (bicyclic) bond motifs is 1. The molecule has 1 atom stereocenters. The van der Waals surface area contributed by atoms with Gasteiger partial charge in [-0.15, -0.1) is 0 Å². The van der Waals surface area contributed by atoms with Gasteiger partial charge in [0.05, 0.1) is 12.8 Å². The predicted octanol–water partition coefficient (Wildman–Crippen LogP) is 6.26. The zero-order chi connectivity index (χ0) is 19.6. The second-order valence-electron chi connectivity index (χ2n) is 8.30. The summed E-state index contributed by atoms with van der Waals surface area (Å²) in [5.41, 5.74) is 6.42. The molecule has 0 radical (unpaired) electrons. The van der Waals surface area contributed by atoms with Gasteiger partial charge in [0.25, 0.3) is 0 Å². The van der Waals surface area contributed by atoms with Crippen molar-refractivity contribution in [1.29, 1.82) is 0 Å². The maximum absolute atomic E-state index is 5.29. The lowest BCUT2D eigenvalue weighted by Gasteiger charge is -2.48. The van der Waals surface area contributed by atoms with Crippen LogP contribution in [0.2, 0.25) is 0 Å². The van der Waals surface area contributed by atoms with Gasteiger partial charge in [0.2, 0.25) is 0 Å². The molecule has 2 aromatic carbocycles. The monoisotopic (exact) mass is 364 g/mol. The van der Waals surface area contributed by atoms with Crippen LogP contribution in [-0.4, -0.2) is 25.4 Å². The van der Waals surface area contributed by atoms with Crippen molar-refractivity contribution < 1.29 is 4.74 Å². The van der Waals surface area contributed by atoms with E-state index in [0.29, 0.717) is 5.92 Å². The molecule has 0 aromatic heterocycles. The number of benzene rings is 2. The molecule has 0 fully saturated rings. The Morgan fingerprint density at radius 3 is 2.74 bits per heavy atom. The van der Waals surface area contributed by atoms with Gasteiger partial charge in [0.15, 0.2) is 0 Å². The number of aryl methyl sites for hydroxylation is 1. The number of hydrogen-bond acceptors (Lipinski definition) is 3. The minimum Gasteiger partial charge on any atom is -0.497 e. The zero-order valence-corrected chi connectivity index (χ0v) is 17.5. The van der Waals surface area contributed by atoms with Crippen LogP contribution in [0.1, 0.15) is 63.1 Å². The Morgan fingerprint density at radius 1 is 1.26 bits per heavy atom. The SMILES string of the molecule is CCCN1c2cc(C)c(C=Nc3cccc(OC)c3)cc2C(C)CC1(C)C. The molecule has 0 saturated carbocycles. The Hall–Kier alpha value is -2.29. The van der Waals surface area contributed by atoms with Gasteiger partial charge in [-0.1, -0.05) is 19.9 Å². The summed E-state index contributed by atoms with van der Waals surface area (Å²) in [7, 11) is 1.68. The highest BCUT2D eigenvalue weighted by Gasteiger charge is 2.36. The van der Waals surface area contributed by atoms with Gasteiger partial charge in [0, 0.05) is 30.1 Å². The van der Waals surface area contributed by atoms with E-state index in [1.807, 2.05) is 30.5 Å². The Morgan fingerprint density at radius 2 is 2.04 bits per heavy atom. The van der Waals surface area contributed by atoms with Crippen molar-refractivity contribution in [2.45, 2.75) is 58.9 Å². The van der Waals surface area contributed by atoms with Crippen molar-refractivity contribution in [3.05, 3.63) is 53.1 Å². The van der Waals surface area contributed by atoms with E-state index in [4.69, 9.17) is 4.74 Å². The molecule has 144 valence electrons. The van der Waals surface area contributed by atoms with Crippen molar-refractivity contribution in [2.75, 3.05) is 18.6 Å². The van der Waals surface area contributed by atoms with Gasteiger partial charge >= 0.3 is 0 Å². The predicted molar refractivity (Wildman–Crippen MR) is 116 cm³/mol. The third-order valence-electron chi connectivity index (χ3n) is 5.63. The number of methoxy groups -OCH3 is 1. The smallest absolute Gasteiger partial charge is 0.121 e. The standard InChI is InChI=1S/C24H32N2O/c1-7-11-26-23-12-17(2)19(13-22(23)18(3)15-24(26,4)5)16-25-20-9-8-10-21(14-20)27-6/h8-10,12-14,16,18H,7,11,15H2,1-6H3. The molecule has 0 N–H and O–H groups in total. The van der Waals surface area contributed by atoms with Crippen LogP contribution in [0, 0.1) is 6.92 Å². The molecule has 0 spiro atoms. The van der Waals surface area contributed by atoms with Gasteiger partial charge in [-0.3, -0.25) is 4.99 Å². The van der Waals surface area contributed by atoms with Crippen molar-refractivity contribution in [3.8, 4) is 5.75 Å². The Labute approximate surface area is 164 Å². The third kappa shape index (κ3) is 4.02. The van der Waals surface area contributed by atoms with Crippen LogP contribution in [0.5, 0.6) is 5.75 Å². The van der Waals surface area contributed by atoms with E-state index in [0.717, 1.165) is 24.4 Å². The molecule has 1 aliphatic heterocycles. The molecule has 0 bridgehead atoms. The lowest BCUT2D eigenvalue weighted by molar-refractivity contribution is 0.376. The second-order valence-corrected chi connectivity index (χ2v) is 8.30. The molecular formula is C24H32N2O. The maximum atomic E-state index is 5.29. The van der Waals surface area contributed by atoms with Crippen LogP contribution in [0.3, 0.4) is 0 Å². The van der Waals surface area contributed by atoms with E-state index < -0.39 is 0 Å². The van der Waals surface area contributed by atoms with E-state index in [1.165, 1.54) is 28.8 Å². The number of anilines is 1. The number of hydrogen-bond donors (Lipinski definition) is 0. The van der Waals surface area contributed by atoms with E-state index >= 15 is 0 Å². The average molecular weight is 365 g/mol. The minimum absolute atomic E-state index is 0.199. The van der Waals surface area contributed by atoms with E-state index in [-0.39, 0.29) is 5.54 Å². The quantitative estimate of drug-likeness (QED) is 0.585. The molecule has 3 heteroatoms. The average Bonchev–Trinajstić information content (AvgIpc) is 2.63. The number of nitrogens with zero attached hydrogens (tertiary/aromatic N) is 2. The number of ether oxygens (including phenoxy) is 1. The molecule has 3 rings (SSSR count). The summed E-state index contributed by atoms with van der Waals surface area (Å²) >= 11 is 0. The lowest BCUT2D eigenvalue weighted by Crippen LogP contribution is -2.48. The molecular weight excluding hydrogens is 332 g/mol. The normalized spacial score (nSPS) is 18.6. The summed E-state index contributed by atoms with van der Waals surface area (Å²) in [6.45, 7) is 12.6.